The van der Waals surface area contributed by atoms with E-state index < -0.39 is 0 Å². The van der Waals surface area contributed by atoms with Crippen molar-refractivity contribution in [2.24, 2.45) is 0 Å². The maximum Gasteiger partial charge on any atom is 0.155 e. The smallest absolute Gasteiger partial charge is 0.155 e. The lowest BCUT2D eigenvalue weighted by molar-refractivity contribution is 0.415. The number of nitrogens with two attached hydrogens (primary N) is 1. The van der Waals surface area contributed by atoms with E-state index in [-0.39, 0.29) is 0 Å². The molecule has 1 aromatic carbocycles. The molecule has 0 fully saturated rings. The van der Waals surface area contributed by atoms with Crippen LogP contribution in [0.15, 0.2) is 24.5 Å². The molecule has 0 unspecified atom stereocenters. The zero-order valence-electron chi connectivity index (χ0n) is 7.69. The van der Waals surface area contributed by atoms with Gasteiger partial charge >= 0.3 is 0 Å². The minimum absolute atomic E-state index is 0.635. The summed E-state index contributed by atoms with van der Waals surface area (Å²) in [6.45, 7) is 0. The summed E-state index contributed by atoms with van der Waals surface area (Å²) in [5.41, 5.74) is 7.19. The number of rotatable bonds is 2. The summed E-state index contributed by atoms with van der Waals surface area (Å²) < 4.78 is 5.09. The minimum Gasteiger partial charge on any atom is -0.497 e. The van der Waals surface area contributed by atoms with Crippen LogP contribution in [0.2, 0.25) is 0 Å². The molecule has 0 aliphatic rings. The fourth-order valence-electron chi connectivity index (χ4n) is 1.22. The number of aromatic amines is 1. The van der Waals surface area contributed by atoms with Crippen LogP contribution in [0, 0.1) is 0 Å². The number of anilines is 1. The van der Waals surface area contributed by atoms with Crippen molar-refractivity contribution < 1.29 is 4.74 Å². The maximum atomic E-state index is 5.70. The fraction of sp³-hybridized carbons (Fsp3) is 0.111. The highest BCUT2D eigenvalue weighted by Crippen LogP contribution is 2.24. The Hall–Kier alpha value is -2.04. The number of methoxy groups -OCH3 is 1. The van der Waals surface area contributed by atoms with Crippen LogP contribution < -0.4 is 10.5 Å². The lowest BCUT2D eigenvalue weighted by Gasteiger charge is -2.03. The summed E-state index contributed by atoms with van der Waals surface area (Å²) in [6, 6.07) is 5.40. The highest BCUT2D eigenvalue weighted by Gasteiger charge is 2.03. The molecular weight excluding hydrogens is 180 g/mol. The number of benzene rings is 1. The van der Waals surface area contributed by atoms with Crippen LogP contribution in [-0.4, -0.2) is 22.3 Å². The Morgan fingerprint density at radius 2 is 2.21 bits per heavy atom. The average molecular weight is 190 g/mol. The normalized spacial score (nSPS) is 10.1. The van der Waals surface area contributed by atoms with Gasteiger partial charge in [0, 0.05) is 17.3 Å². The molecule has 0 bridgehead atoms. The standard InChI is InChI=1S/C9H10N4O/c1-14-8-3-6(2-7(10)4-8)9-11-5-12-13-9/h2-5H,10H2,1H3,(H,11,12,13). The SMILES string of the molecule is COc1cc(N)cc(-c2ncn[nH]2)c1. The summed E-state index contributed by atoms with van der Waals surface area (Å²) in [4.78, 5) is 4.03. The number of H-pyrrole nitrogens is 1. The molecule has 0 aliphatic heterocycles. The molecule has 0 radical (unpaired) electrons. The Kier molecular flexibility index (Phi) is 2.06. The van der Waals surface area contributed by atoms with Crippen molar-refractivity contribution in [3.05, 3.63) is 24.5 Å². The molecule has 3 N–H and O–H groups in total. The van der Waals surface area contributed by atoms with Crippen molar-refractivity contribution in [2.75, 3.05) is 12.8 Å². The summed E-state index contributed by atoms with van der Waals surface area (Å²) in [6.07, 6.45) is 1.45. The van der Waals surface area contributed by atoms with Gasteiger partial charge in [-0.2, -0.15) is 5.10 Å². The minimum atomic E-state index is 0.635. The number of nitrogens with one attached hydrogen (secondary N) is 1. The molecular formula is C9H10N4O. The van der Waals surface area contributed by atoms with Crippen molar-refractivity contribution in [1.82, 2.24) is 15.2 Å². The van der Waals surface area contributed by atoms with Gasteiger partial charge in [-0.3, -0.25) is 5.10 Å². The Bertz CT molecular complexity index is 424. The van der Waals surface area contributed by atoms with Crippen LogP contribution in [0.25, 0.3) is 11.4 Å². The van der Waals surface area contributed by atoms with Crippen LogP contribution in [0.4, 0.5) is 5.69 Å². The van der Waals surface area contributed by atoms with Gasteiger partial charge in [0.15, 0.2) is 5.82 Å². The first-order valence-electron chi connectivity index (χ1n) is 4.10. The number of hydrogen-bond donors (Lipinski definition) is 2. The second-order valence-corrected chi connectivity index (χ2v) is 2.83. The topological polar surface area (TPSA) is 76.8 Å². The van der Waals surface area contributed by atoms with Gasteiger partial charge in [-0.1, -0.05) is 0 Å². The average Bonchev–Trinajstić information content (AvgIpc) is 2.69. The van der Waals surface area contributed by atoms with Gasteiger partial charge in [-0.05, 0) is 12.1 Å². The Labute approximate surface area is 80.9 Å². The van der Waals surface area contributed by atoms with Gasteiger partial charge in [-0.15, -0.1) is 0 Å². The second-order valence-electron chi connectivity index (χ2n) is 2.83. The largest absolute Gasteiger partial charge is 0.497 e. The highest BCUT2D eigenvalue weighted by atomic mass is 16.5. The number of nitrogens with zero attached hydrogens (tertiary/aromatic N) is 2. The van der Waals surface area contributed by atoms with Gasteiger partial charge in [0.1, 0.15) is 12.1 Å². The van der Waals surface area contributed by atoms with Crippen molar-refractivity contribution >= 4 is 5.69 Å². The van der Waals surface area contributed by atoms with Gasteiger partial charge in [0.25, 0.3) is 0 Å². The zero-order chi connectivity index (χ0) is 9.97. The van der Waals surface area contributed by atoms with Gasteiger partial charge in [0.2, 0.25) is 0 Å². The first kappa shape index (κ1) is 8.55. The molecule has 0 saturated carbocycles. The predicted molar refractivity (Wildman–Crippen MR) is 52.8 cm³/mol. The van der Waals surface area contributed by atoms with Crippen LogP contribution in [0.5, 0.6) is 5.75 Å². The zero-order valence-corrected chi connectivity index (χ0v) is 7.69. The molecule has 2 aromatic rings. The third kappa shape index (κ3) is 1.52. The third-order valence-corrected chi connectivity index (χ3v) is 1.85. The molecule has 1 aromatic heterocycles. The van der Waals surface area contributed by atoms with Crippen molar-refractivity contribution in [3.63, 3.8) is 0 Å². The van der Waals surface area contributed by atoms with E-state index in [1.807, 2.05) is 12.1 Å². The number of aromatic nitrogens is 3. The van der Waals surface area contributed by atoms with Crippen LogP contribution >= 0.6 is 0 Å². The molecule has 2 rings (SSSR count). The maximum absolute atomic E-state index is 5.70. The summed E-state index contributed by atoms with van der Waals surface area (Å²) in [5, 5.41) is 6.53. The number of nitrogen functional groups attached to an aromatic ring is 1. The van der Waals surface area contributed by atoms with E-state index in [0.717, 1.165) is 5.56 Å². The quantitative estimate of drug-likeness (QED) is 0.694. The second kappa shape index (κ2) is 3.37. The van der Waals surface area contributed by atoms with Crippen LogP contribution in [0.3, 0.4) is 0 Å². The van der Waals surface area contributed by atoms with E-state index in [4.69, 9.17) is 10.5 Å². The first-order chi connectivity index (χ1) is 6.79. The van der Waals surface area contributed by atoms with Gasteiger partial charge in [-0.25, -0.2) is 4.98 Å². The monoisotopic (exact) mass is 190 g/mol. The molecule has 1 heterocycles. The van der Waals surface area contributed by atoms with E-state index >= 15 is 0 Å². The lowest BCUT2D eigenvalue weighted by Crippen LogP contribution is -1.90. The predicted octanol–water partition coefficient (Wildman–Crippen LogP) is 1.06. The third-order valence-electron chi connectivity index (χ3n) is 1.85. The molecule has 0 spiro atoms. The number of ether oxygens (including phenoxy) is 1. The van der Waals surface area contributed by atoms with Crippen LogP contribution in [-0.2, 0) is 0 Å². The van der Waals surface area contributed by atoms with E-state index in [1.165, 1.54) is 6.33 Å². The van der Waals surface area contributed by atoms with Crippen molar-refractivity contribution in [2.45, 2.75) is 0 Å². The Morgan fingerprint density at radius 1 is 1.36 bits per heavy atom. The molecule has 72 valence electrons. The summed E-state index contributed by atoms with van der Waals surface area (Å²) in [7, 11) is 1.60. The van der Waals surface area contributed by atoms with Crippen molar-refractivity contribution in [3.8, 4) is 17.1 Å². The number of hydrogen-bond acceptors (Lipinski definition) is 4. The van der Waals surface area contributed by atoms with E-state index in [9.17, 15) is 0 Å². The molecule has 0 atom stereocenters. The molecule has 0 aliphatic carbocycles. The van der Waals surface area contributed by atoms with Gasteiger partial charge in [0.05, 0.1) is 7.11 Å². The Morgan fingerprint density at radius 3 is 2.86 bits per heavy atom. The van der Waals surface area contributed by atoms with Gasteiger partial charge < -0.3 is 10.5 Å². The van der Waals surface area contributed by atoms with E-state index in [1.54, 1.807) is 13.2 Å². The molecule has 0 amide bonds. The Balaban J connectivity index is 2.48. The molecule has 0 saturated heterocycles. The molecule has 5 nitrogen and oxygen atoms in total. The highest BCUT2D eigenvalue weighted by molar-refractivity contribution is 5.64. The van der Waals surface area contributed by atoms with E-state index in [2.05, 4.69) is 15.2 Å². The molecule has 5 heteroatoms. The lowest BCUT2D eigenvalue weighted by atomic mass is 10.2. The summed E-state index contributed by atoms with van der Waals surface area (Å²) >= 11 is 0. The fourth-order valence-corrected chi connectivity index (χ4v) is 1.22. The molecule has 14 heavy (non-hydrogen) atoms. The van der Waals surface area contributed by atoms with Crippen LogP contribution in [0.1, 0.15) is 0 Å². The van der Waals surface area contributed by atoms with Crippen molar-refractivity contribution in [1.29, 1.82) is 0 Å². The van der Waals surface area contributed by atoms with E-state index in [0.29, 0.717) is 17.3 Å². The first-order valence-corrected chi connectivity index (χ1v) is 4.10. The summed E-state index contributed by atoms with van der Waals surface area (Å²) in [5.74, 6) is 1.38.